The number of benzene rings is 2. The fourth-order valence-electron chi connectivity index (χ4n) is 4.37. The van der Waals surface area contributed by atoms with Crippen molar-refractivity contribution in [2.75, 3.05) is 27.4 Å². The second kappa shape index (κ2) is 11.0. The van der Waals surface area contributed by atoms with Crippen LogP contribution in [0.15, 0.2) is 57.5 Å². The zero-order valence-corrected chi connectivity index (χ0v) is 22.6. The molecule has 0 unspecified atom stereocenters. The summed E-state index contributed by atoms with van der Waals surface area (Å²) in [7, 11) is 3.17. The van der Waals surface area contributed by atoms with Gasteiger partial charge in [0.2, 0.25) is 0 Å². The normalized spacial score (nSPS) is 15.2. The maximum Gasteiger partial charge on any atom is 0.338 e. The summed E-state index contributed by atoms with van der Waals surface area (Å²) in [5.74, 6) is 1.19. The van der Waals surface area contributed by atoms with Gasteiger partial charge in [-0.3, -0.25) is 9.36 Å². The standard InChI is InChI=1S/C28H30N2O6S/c1-7-35-25-20(10-9-11-21(25)34-6)24-23(27(32)36-8-2)17(4)29-28-30(24)26(31)22(37-28)15-18-12-13-19(33-5)14-16(18)3/h9-15,24H,7-8H2,1-6H3/b22-15+/t24-/m0/s1. The fraction of sp³-hybridized carbons (Fsp3) is 0.321. The number of ether oxygens (including phenoxy) is 4. The number of carbonyl (C=O) groups is 1. The number of methoxy groups -OCH3 is 2. The molecule has 9 heteroatoms. The highest BCUT2D eigenvalue weighted by molar-refractivity contribution is 7.07. The predicted octanol–water partition coefficient (Wildman–Crippen LogP) is 3.52. The predicted molar refractivity (Wildman–Crippen MR) is 142 cm³/mol. The minimum Gasteiger partial charge on any atom is -0.497 e. The quantitative estimate of drug-likeness (QED) is 0.421. The van der Waals surface area contributed by atoms with Crippen molar-refractivity contribution in [2.24, 2.45) is 4.99 Å². The molecule has 0 saturated heterocycles. The van der Waals surface area contributed by atoms with Crippen LogP contribution in [0.2, 0.25) is 0 Å². The van der Waals surface area contributed by atoms with Gasteiger partial charge in [-0.05, 0) is 63.1 Å². The average Bonchev–Trinajstić information content (AvgIpc) is 3.19. The van der Waals surface area contributed by atoms with Gasteiger partial charge in [-0.1, -0.05) is 29.5 Å². The second-order valence-corrected chi connectivity index (χ2v) is 9.35. The molecule has 0 aliphatic carbocycles. The number of carbonyl (C=O) groups excluding carboxylic acids is 1. The van der Waals surface area contributed by atoms with Gasteiger partial charge in [0.25, 0.3) is 5.56 Å². The van der Waals surface area contributed by atoms with E-state index in [2.05, 4.69) is 4.99 Å². The van der Waals surface area contributed by atoms with Crippen molar-refractivity contribution in [1.82, 2.24) is 4.57 Å². The lowest BCUT2D eigenvalue weighted by Gasteiger charge is -2.26. The molecule has 1 atom stereocenters. The van der Waals surface area contributed by atoms with Crippen LogP contribution in [0, 0.1) is 6.92 Å². The monoisotopic (exact) mass is 522 g/mol. The van der Waals surface area contributed by atoms with Crippen LogP contribution in [0.5, 0.6) is 17.2 Å². The molecule has 8 nitrogen and oxygen atoms in total. The number of thiazole rings is 1. The first-order valence-corrected chi connectivity index (χ1v) is 12.8. The minimum absolute atomic E-state index is 0.194. The number of hydrogen-bond donors (Lipinski definition) is 0. The SMILES string of the molecule is CCOC(=O)C1=C(C)N=c2s/c(=C/c3ccc(OC)cc3C)c(=O)n2[C@H]1c1cccc(OC)c1OCC. The number of hydrogen-bond acceptors (Lipinski definition) is 8. The highest BCUT2D eigenvalue weighted by Gasteiger charge is 2.35. The number of aromatic nitrogens is 1. The molecule has 37 heavy (non-hydrogen) atoms. The van der Waals surface area contributed by atoms with E-state index in [1.54, 1.807) is 38.7 Å². The summed E-state index contributed by atoms with van der Waals surface area (Å²) in [6.07, 6.45) is 1.84. The van der Waals surface area contributed by atoms with Crippen molar-refractivity contribution in [2.45, 2.75) is 33.7 Å². The van der Waals surface area contributed by atoms with Crippen LogP contribution in [-0.4, -0.2) is 38.0 Å². The number of rotatable bonds is 8. The smallest absolute Gasteiger partial charge is 0.338 e. The lowest BCUT2D eigenvalue weighted by molar-refractivity contribution is -0.139. The molecule has 3 aromatic rings. The van der Waals surface area contributed by atoms with Crippen LogP contribution in [0.25, 0.3) is 6.08 Å². The van der Waals surface area contributed by atoms with E-state index in [4.69, 9.17) is 18.9 Å². The molecular weight excluding hydrogens is 492 g/mol. The van der Waals surface area contributed by atoms with Crippen molar-refractivity contribution in [1.29, 1.82) is 0 Å². The molecule has 1 aromatic heterocycles. The molecule has 0 bridgehead atoms. The Morgan fingerprint density at radius 2 is 1.89 bits per heavy atom. The highest BCUT2D eigenvalue weighted by Crippen LogP contribution is 2.40. The highest BCUT2D eigenvalue weighted by atomic mass is 32.1. The molecular formula is C28H30N2O6S. The second-order valence-electron chi connectivity index (χ2n) is 8.34. The van der Waals surface area contributed by atoms with Gasteiger partial charge in [0.05, 0.1) is 43.2 Å². The number of para-hydroxylation sites is 1. The Morgan fingerprint density at radius 3 is 2.54 bits per heavy atom. The summed E-state index contributed by atoms with van der Waals surface area (Å²) in [6, 6.07) is 10.3. The van der Waals surface area contributed by atoms with Crippen molar-refractivity contribution < 1.29 is 23.7 Å². The lowest BCUT2D eigenvalue weighted by atomic mass is 9.94. The largest absolute Gasteiger partial charge is 0.497 e. The summed E-state index contributed by atoms with van der Waals surface area (Å²) in [6.45, 7) is 7.90. The fourth-order valence-corrected chi connectivity index (χ4v) is 5.41. The Bertz CT molecular complexity index is 1550. The van der Waals surface area contributed by atoms with E-state index >= 15 is 0 Å². The number of nitrogens with zero attached hydrogens (tertiary/aromatic N) is 2. The third-order valence-corrected chi connectivity index (χ3v) is 7.08. The molecule has 0 N–H and O–H groups in total. The van der Waals surface area contributed by atoms with Gasteiger partial charge >= 0.3 is 5.97 Å². The van der Waals surface area contributed by atoms with Gasteiger partial charge in [0.15, 0.2) is 16.3 Å². The average molecular weight is 523 g/mol. The summed E-state index contributed by atoms with van der Waals surface area (Å²) in [5, 5.41) is 0. The van der Waals surface area contributed by atoms with Gasteiger partial charge in [-0.25, -0.2) is 9.79 Å². The van der Waals surface area contributed by atoms with Crippen LogP contribution < -0.4 is 29.1 Å². The Balaban J connectivity index is 2.01. The van der Waals surface area contributed by atoms with Gasteiger partial charge in [0, 0.05) is 5.56 Å². The maximum atomic E-state index is 13.9. The Hall–Kier alpha value is -3.85. The first kappa shape index (κ1) is 26.2. The van der Waals surface area contributed by atoms with E-state index in [9.17, 15) is 9.59 Å². The molecule has 1 aliphatic rings. The first-order chi connectivity index (χ1) is 17.8. The Labute approximate surface area is 219 Å². The first-order valence-electron chi connectivity index (χ1n) is 12.0. The molecule has 0 amide bonds. The number of esters is 1. The van der Waals surface area contributed by atoms with E-state index in [1.165, 1.54) is 11.3 Å². The third kappa shape index (κ3) is 4.91. The van der Waals surface area contributed by atoms with Gasteiger partial charge < -0.3 is 18.9 Å². The molecule has 2 aromatic carbocycles. The molecule has 0 fully saturated rings. The van der Waals surface area contributed by atoms with Crippen LogP contribution in [-0.2, 0) is 9.53 Å². The Morgan fingerprint density at radius 1 is 1.11 bits per heavy atom. The summed E-state index contributed by atoms with van der Waals surface area (Å²) in [5.41, 5.74) is 2.99. The topological polar surface area (TPSA) is 88.4 Å². The van der Waals surface area contributed by atoms with E-state index in [0.29, 0.717) is 38.7 Å². The van der Waals surface area contributed by atoms with Crippen LogP contribution >= 0.6 is 11.3 Å². The molecule has 2 heterocycles. The number of fused-ring (bicyclic) bond motifs is 1. The molecule has 194 valence electrons. The molecule has 4 rings (SSSR count). The Kier molecular flexibility index (Phi) is 7.83. The lowest BCUT2D eigenvalue weighted by Crippen LogP contribution is -2.40. The third-order valence-electron chi connectivity index (χ3n) is 6.09. The van der Waals surface area contributed by atoms with E-state index in [1.807, 2.05) is 50.3 Å². The zero-order valence-electron chi connectivity index (χ0n) is 21.8. The molecule has 1 aliphatic heterocycles. The van der Waals surface area contributed by atoms with Crippen molar-refractivity contribution in [3.8, 4) is 17.2 Å². The number of aryl methyl sites for hydroxylation is 1. The minimum atomic E-state index is -0.800. The molecule has 0 spiro atoms. The van der Waals surface area contributed by atoms with Crippen LogP contribution in [0.1, 0.15) is 43.5 Å². The number of allylic oxidation sites excluding steroid dienone is 1. The molecule has 0 radical (unpaired) electrons. The zero-order chi connectivity index (χ0) is 26.7. The van der Waals surface area contributed by atoms with Gasteiger partial charge in [-0.2, -0.15) is 0 Å². The molecule has 0 saturated carbocycles. The van der Waals surface area contributed by atoms with Crippen molar-refractivity contribution >= 4 is 23.4 Å². The van der Waals surface area contributed by atoms with Crippen LogP contribution in [0.4, 0.5) is 0 Å². The van der Waals surface area contributed by atoms with Gasteiger partial charge in [0.1, 0.15) is 11.8 Å². The van der Waals surface area contributed by atoms with Crippen LogP contribution in [0.3, 0.4) is 0 Å². The summed E-state index contributed by atoms with van der Waals surface area (Å²) < 4.78 is 24.3. The summed E-state index contributed by atoms with van der Waals surface area (Å²) in [4.78, 5) is 32.2. The van der Waals surface area contributed by atoms with Crippen molar-refractivity contribution in [3.05, 3.63) is 84.0 Å². The van der Waals surface area contributed by atoms with E-state index in [0.717, 1.165) is 16.9 Å². The van der Waals surface area contributed by atoms with E-state index in [-0.39, 0.29) is 17.7 Å². The van der Waals surface area contributed by atoms with E-state index < -0.39 is 12.0 Å². The van der Waals surface area contributed by atoms with Crippen molar-refractivity contribution in [3.63, 3.8) is 0 Å². The maximum absolute atomic E-state index is 13.9. The van der Waals surface area contributed by atoms with Gasteiger partial charge in [-0.15, -0.1) is 0 Å². The summed E-state index contributed by atoms with van der Waals surface area (Å²) >= 11 is 1.27.